The molecule has 0 bridgehead atoms. The van der Waals surface area contributed by atoms with E-state index >= 15 is 0 Å². The summed E-state index contributed by atoms with van der Waals surface area (Å²) in [5.74, 6) is 0.301. The van der Waals surface area contributed by atoms with Gasteiger partial charge >= 0.3 is 0 Å². The van der Waals surface area contributed by atoms with E-state index in [1.165, 1.54) is 48.4 Å². The van der Waals surface area contributed by atoms with Crippen LogP contribution in [0.4, 0.5) is 0 Å². The lowest BCUT2D eigenvalue weighted by Gasteiger charge is -2.14. The van der Waals surface area contributed by atoms with Crippen LogP contribution in [0, 0.1) is 0 Å². The molecular weight excluding hydrogens is 470 g/mol. The van der Waals surface area contributed by atoms with Crippen molar-refractivity contribution >= 4 is 38.4 Å². The molecule has 1 amide bonds. The second kappa shape index (κ2) is 8.76. The first-order chi connectivity index (χ1) is 16.9. The molecule has 0 aliphatic heterocycles. The SMILES string of the molecule is CCc1c2c(=O)n(-c3nc4ccccc4s3)[nH]c2cc(=O)n1NC(=O)c1cc(OC)cc(OC)c1. The van der Waals surface area contributed by atoms with Gasteiger partial charge in [-0.15, -0.1) is 0 Å². The van der Waals surface area contributed by atoms with Gasteiger partial charge in [-0.25, -0.2) is 9.66 Å². The van der Waals surface area contributed by atoms with Gasteiger partial charge in [0.2, 0.25) is 5.13 Å². The monoisotopic (exact) mass is 491 g/mol. The van der Waals surface area contributed by atoms with Crippen LogP contribution in [-0.4, -0.2) is 39.6 Å². The summed E-state index contributed by atoms with van der Waals surface area (Å²) in [7, 11) is 2.96. The van der Waals surface area contributed by atoms with Gasteiger partial charge in [-0.1, -0.05) is 30.4 Å². The first kappa shape index (κ1) is 22.4. The van der Waals surface area contributed by atoms with Gasteiger partial charge in [-0.05, 0) is 30.7 Å². The van der Waals surface area contributed by atoms with Crippen molar-refractivity contribution in [3.63, 3.8) is 0 Å². The lowest BCUT2D eigenvalue weighted by Crippen LogP contribution is -2.35. The molecule has 0 unspecified atom stereocenters. The Hall–Kier alpha value is -4.38. The number of hydrogen-bond acceptors (Lipinski definition) is 7. The Morgan fingerprint density at radius 2 is 1.80 bits per heavy atom. The molecule has 0 atom stereocenters. The number of rotatable bonds is 6. The minimum Gasteiger partial charge on any atom is -0.497 e. The summed E-state index contributed by atoms with van der Waals surface area (Å²) in [5.41, 5.74) is 3.51. The van der Waals surface area contributed by atoms with Crippen molar-refractivity contribution in [2.45, 2.75) is 13.3 Å². The van der Waals surface area contributed by atoms with Gasteiger partial charge in [-0.3, -0.25) is 24.9 Å². The molecule has 178 valence electrons. The van der Waals surface area contributed by atoms with Crippen LogP contribution in [0.5, 0.6) is 11.5 Å². The molecule has 0 aliphatic carbocycles. The van der Waals surface area contributed by atoms with Crippen molar-refractivity contribution < 1.29 is 14.3 Å². The number of benzene rings is 2. The smallest absolute Gasteiger partial charge is 0.283 e. The van der Waals surface area contributed by atoms with Crippen molar-refractivity contribution in [1.29, 1.82) is 0 Å². The third-order valence-electron chi connectivity index (χ3n) is 5.60. The molecule has 2 N–H and O–H groups in total. The number of amides is 1. The zero-order valence-electron chi connectivity index (χ0n) is 19.1. The number of methoxy groups -OCH3 is 2. The Balaban J connectivity index is 1.61. The molecule has 0 aliphatic rings. The molecule has 11 heteroatoms. The second-order valence-electron chi connectivity index (χ2n) is 7.67. The predicted molar refractivity (Wildman–Crippen MR) is 134 cm³/mol. The Kier molecular flexibility index (Phi) is 5.61. The fraction of sp³-hybridized carbons (Fsp3) is 0.167. The molecule has 0 saturated heterocycles. The number of nitrogens with zero attached hydrogens (tertiary/aromatic N) is 3. The number of thiazole rings is 1. The predicted octanol–water partition coefficient (Wildman–Crippen LogP) is 3.05. The highest BCUT2D eigenvalue weighted by Crippen LogP contribution is 2.25. The average Bonchev–Trinajstić information content (AvgIpc) is 3.44. The van der Waals surface area contributed by atoms with E-state index in [1.807, 2.05) is 24.3 Å². The summed E-state index contributed by atoms with van der Waals surface area (Å²) in [6, 6.07) is 13.6. The van der Waals surface area contributed by atoms with Crippen LogP contribution >= 0.6 is 11.3 Å². The molecule has 0 fully saturated rings. The van der Waals surface area contributed by atoms with Crippen LogP contribution in [0.15, 0.2) is 58.1 Å². The Morgan fingerprint density at radius 1 is 1.09 bits per heavy atom. The van der Waals surface area contributed by atoms with Gasteiger partial charge in [-0.2, -0.15) is 4.68 Å². The minimum absolute atomic E-state index is 0.233. The van der Waals surface area contributed by atoms with E-state index in [0.29, 0.717) is 39.6 Å². The van der Waals surface area contributed by atoms with Crippen molar-refractivity contribution in [1.82, 2.24) is 19.4 Å². The lowest BCUT2D eigenvalue weighted by molar-refractivity contribution is 0.101. The third-order valence-corrected chi connectivity index (χ3v) is 6.62. The number of H-pyrrole nitrogens is 1. The number of fused-ring (bicyclic) bond motifs is 2. The molecule has 3 heterocycles. The normalized spacial score (nSPS) is 11.2. The summed E-state index contributed by atoms with van der Waals surface area (Å²) in [6.07, 6.45) is 0.321. The maximum Gasteiger partial charge on any atom is 0.283 e. The Labute approximate surface area is 202 Å². The third kappa shape index (κ3) is 3.85. The maximum absolute atomic E-state index is 13.4. The van der Waals surface area contributed by atoms with Gasteiger partial charge in [0.25, 0.3) is 17.0 Å². The molecule has 35 heavy (non-hydrogen) atoms. The summed E-state index contributed by atoms with van der Waals surface area (Å²) in [5, 5.41) is 3.75. The van der Waals surface area contributed by atoms with Crippen molar-refractivity contribution in [3.05, 3.63) is 80.5 Å². The molecule has 5 aromatic rings. The van der Waals surface area contributed by atoms with Crippen LogP contribution < -0.4 is 26.0 Å². The number of aromatic nitrogens is 4. The topological polar surface area (TPSA) is 120 Å². The molecule has 0 radical (unpaired) electrons. The van der Waals surface area contributed by atoms with Gasteiger partial charge in [0.1, 0.15) is 11.5 Å². The molecule has 0 spiro atoms. The molecular formula is C24H21N5O5S. The molecule has 0 saturated carbocycles. The molecule has 5 rings (SSSR count). The average molecular weight is 492 g/mol. The number of nitrogens with one attached hydrogen (secondary N) is 2. The van der Waals surface area contributed by atoms with E-state index in [1.54, 1.807) is 13.0 Å². The number of carbonyl (C=O) groups is 1. The zero-order chi connectivity index (χ0) is 24.7. The molecule has 2 aromatic carbocycles. The highest BCUT2D eigenvalue weighted by molar-refractivity contribution is 7.20. The van der Waals surface area contributed by atoms with Crippen molar-refractivity contribution in [2.75, 3.05) is 19.6 Å². The van der Waals surface area contributed by atoms with E-state index in [-0.39, 0.29) is 11.1 Å². The molecule has 3 aromatic heterocycles. The van der Waals surface area contributed by atoms with E-state index < -0.39 is 11.5 Å². The van der Waals surface area contributed by atoms with Crippen molar-refractivity contribution in [3.8, 4) is 16.6 Å². The first-order valence-corrected chi connectivity index (χ1v) is 11.5. The van der Waals surface area contributed by atoms with Crippen molar-refractivity contribution in [2.24, 2.45) is 0 Å². The summed E-state index contributed by atoms with van der Waals surface area (Å²) >= 11 is 1.36. The lowest BCUT2D eigenvalue weighted by atomic mass is 10.2. The fourth-order valence-electron chi connectivity index (χ4n) is 3.92. The van der Waals surface area contributed by atoms with E-state index in [4.69, 9.17) is 9.47 Å². The van der Waals surface area contributed by atoms with Gasteiger partial charge in [0.05, 0.1) is 41.0 Å². The van der Waals surface area contributed by atoms with E-state index in [0.717, 1.165) is 14.9 Å². The number of aryl methyl sites for hydroxylation is 1. The van der Waals surface area contributed by atoms with E-state index in [2.05, 4.69) is 15.5 Å². The number of ether oxygens (including phenoxy) is 2. The highest BCUT2D eigenvalue weighted by Gasteiger charge is 2.20. The number of carbonyl (C=O) groups excluding carboxylic acids is 1. The summed E-state index contributed by atoms with van der Waals surface area (Å²) in [6.45, 7) is 1.81. The summed E-state index contributed by atoms with van der Waals surface area (Å²) in [4.78, 5) is 44.0. The largest absolute Gasteiger partial charge is 0.497 e. The second-order valence-corrected chi connectivity index (χ2v) is 8.67. The van der Waals surface area contributed by atoms with Crippen LogP contribution in [0.3, 0.4) is 0 Å². The van der Waals surface area contributed by atoms with Crippen LogP contribution in [0.2, 0.25) is 0 Å². The highest BCUT2D eigenvalue weighted by atomic mass is 32.1. The van der Waals surface area contributed by atoms with E-state index in [9.17, 15) is 14.4 Å². The number of pyridine rings is 1. The quantitative estimate of drug-likeness (QED) is 0.377. The molecule has 10 nitrogen and oxygen atoms in total. The number of para-hydroxylation sites is 1. The summed E-state index contributed by atoms with van der Waals surface area (Å²) < 4.78 is 13.8. The van der Waals surface area contributed by atoms with Crippen LogP contribution in [0.25, 0.3) is 26.3 Å². The fourth-order valence-corrected chi connectivity index (χ4v) is 4.85. The standard InChI is InChI=1S/C24H21N5O5S/c1-4-18-21-17(26-29(23(21)32)24-25-16-7-5-6-8-19(16)35-24)12-20(30)28(18)27-22(31)13-9-14(33-2)11-15(10-13)34-3/h5-12,26H,4H2,1-3H3,(H,27,31). The van der Waals surface area contributed by atoms with Crippen LogP contribution in [0.1, 0.15) is 23.0 Å². The van der Waals surface area contributed by atoms with Gasteiger partial charge in [0.15, 0.2) is 0 Å². The van der Waals surface area contributed by atoms with Gasteiger partial charge < -0.3 is 9.47 Å². The Morgan fingerprint density at radius 3 is 2.46 bits per heavy atom. The number of aromatic amines is 1. The maximum atomic E-state index is 13.4. The van der Waals surface area contributed by atoms with Gasteiger partial charge in [0, 0.05) is 17.7 Å². The number of hydrogen-bond donors (Lipinski definition) is 2. The Bertz CT molecular complexity index is 1660. The minimum atomic E-state index is -0.555. The zero-order valence-corrected chi connectivity index (χ0v) is 19.9. The first-order valence-electron chi connectivity index (χ1n) is 10.7. The van der Waals surface area contributed by atoms with Crippen LogP contribution in [-0.2, 0) is 6.42 Å².